The highest BCUT2D eigenvalue weighted by Gasteiger charge is 2.23. The second kappa shape index (κ2) is 4.71. The largest absolute Gasteiger partial charge is 0.376 e. The van der Waals surface area contributed by atoms with Crippen molar-refractivity contribution in [3.05, 3.63) is 54.1 Å². The number of anilines is 1. The normalized spacial score (nSPS) is 12.9. The van der Waals surface area contributed by atoms with E-state index in [0.29, 0.717) is 6.54 Å². The fraction of sp³-hybridized carbons (Fsp3) is 0.125. The van der Waals surface area contributed by atoms with Gasteiger partial charge >= 0.3 is 0 Å². The predicted octanol–water partition coefficient (Wildman–Crippen LogP) is 2.41. The summed E-state index contributed by atoms with van der Waals surface area (Å²) in [7, 11) is 0. The topological polar surface area (TPSA) is 65.0 Å². The molecule has 2 N–H and O–H groups in total. The second-order valence-corrected chi connectivity index (χ2v) is 5.03. The molecule has 2 heterocycles. The number of aromatic nitrogens is 3. The van der Waals surface area contributed by atoms with Crippen molar-refractivity contribution in [2.75, 3.05) is 11.6 Å². The summed E-state index contributed by atoms with van der Waals surface area (Å²) in [6.07, 6.45) is 0. The molecule has 0 amide bonds. The number of hydrogen-bond donors (Lipinski definition) is 2. The number of aliphatic hydroxyl groups excluding tert-OH is 1. The van der Waals surface area contributed by atoms with Crippen molar-refractivity contribution in [2.45, 2.75) is 6.54 Å². The quantitative estimate of drug-likeness (QED) is 0.717. The predicted molar refractivity (Wildman–Crippen MR) is 80.5 cm³/mol. The third kappa shape index (κ3) is 1.82. The minimum absolute atomic E-state index is 0.0431. The number of H-pyrrole nitrogens is 1. The number of benzene rings is 2. The van der Waals surface area contributed by atoms with Gasteiger partial charge in [-0.15, -0.1) is 0 Å². The molecule has 0 spiro atoms. The van der Waals surface area contributed by atoms with Crippen LogP contribution < -0.4 is 4.90 Å². The molecule has 0 fully saturated rings. The molecule has 0 atom stereocenters. The molecule has 0 bridgehead atoms. The Morgan fingerprint density at radius 2 is 1.62 bits per heavy atom. The van der Waals surface area contributed by atoms with Crippen molar-refractivity contribution < 1.29 is 5.11 Å². The van der Waals surface area contributed by atoms with Crippen LogP contribution in [0.4, 0.5) is 5.69 Å². The van der Waals surface area contributed by atoms with Crippen molar-refractivity contribution in [1.82, 2.24) is 15.4 Å². The van der Waals surface area contributed by atoms with Crippen LogP contribution in [0, 0.1) is 0 Å². The summed E-state index contributed by atoms with van der Waals surface area (Å²) < 4.78 is 0. The van der Waals surface area contributed by atoms with Gasteiger partial charge in [-0.2, -0.15) is 15.4 Å². The number of rotatable bonds is 1. The van der Waals surface area contributed by atoms with Crippen LogP contribution in [0.2, 0.25) is 0 Å². The lowest BCUT2D eigenvalue weighted by molar-refractivity contribution is 0.289. The van der Waals surface area contributed by atoms with Gasteiger partial charge in [-0.05, 0) is 11.6 Å². The molecule has 4 rings (SSSR count). The molecule has 1 aliphatic rings. The summed E-state index contributed by atoms with van der Waals surface area (Å²) in [5.74, 6) is 0. The van der Waals surface area contributed by atoms with Crippen molar-refractivity contribution in [3.63, 3.8) is 0 Å². The zero-order valence-corrected chi connectivity index (χ0v) is 11.3. The maximum absolute atomic E-state index is 9.76. The Morgan fingerprint density at radius 1 is 0.952 bits per heavy atom. The van der Waals surface area contributed by atoms with E-state index in [9.17, 15) is 5.11 Å². The molecule has 0 aliphatic carbocycles. The molecule has 0 unspecified atom stereocenters. The monoisotopic (exact) mass is 278 g/mol. The summed E-state index contributed by atoms with van der Waals surface area (Å²) in [5.41, 5.74) is 5.78. The summed E-state index contributed by atoms with van der Waals surface area (Å²) in [4.78, 5) is 1.94. The van der Waals surface area contributed by atoms with E-state index in [1.54, 1.807) is 0 Å². The molecule has 1 aromatic heterocycles. The smallest absolute Gasteiger partial charge is 0.122 e. The van der Waals surface area contributed by atoms with Gasteiger partial charge in [-0.1, -0.05) is 42.5 Å². The van der Waals surface area contributed by atoms with Crippen LogP contribution in [-0.4, -0.2) is 27.2 Å². The standard InChI is InChI=1S/C16H14N4O/c21-10-20-9-11-5-1-2-6-12(11)15-16(18-19-17-15)13-7-3-4-8-14(13)20/h1-8,21H,9-10H2,(H,17,18,19). The second-order valence-electron chi connectivity index (χ2n) is 5.03. The van der Waals surface area contributed by atoms with E-state index < -0.39 is 0 Å². The number of nitrogens with zero attached hydrogens (tertiary/aromatic N) is 3. The van der Waals surface area contributed by atoms with Gasteiger partial charge in [0.05, 0.1) is 0 Å². The SMILES string of the molecule is OCN1Cc2ccccc2-c2n[nH]nc2-c2ccccc21. The van der Waals surface area contributed by atoms with Crippen molar-refractivity contribution in [3.8, 4) is 22.5 Å². The van der Waals surface area contributed by atoms with Crippen LogP contribution >= 0.6 is 0 Å². The van der Waals surface area contributed by atoms with Crippen molar-refractivity contribution in [2.24, 2.45) is 0 Å². The summed E-state index contributed by atoms with van der Waals surface area (Å²) in [6, 6.07) is 16.0. The average Bonchev–Trinajstić information content (AvgIpc) is 3.00. The molecule has 104 valence electrons. The fourth-order valence-corrected chi connectivity index (χ4v) is 2.86. The molecule has 1 aliphatic heterocycles. The van der Waals surface area contributed by atoms with Crippen LogP contribution in [0.1, 0.15) is 5.56 Å². The van der Waals surface area contributed by atoms with Crippen LogP contribution in [0.5, 0.6) is 0 Å². The molecule has 5 heteroatoms. The van der Waals surface area contributed by atoms with E-state index >= 15 is 0 Å². The van der Waals surface area contributed by atoms with E-state index in [0.717, 1.165) is 33.8 Å². The molecule has 0 saturated heterocycles. The van der Waals surface area contributed by atoms with E-state index in [1.165, 1.54) is 0 Å². The first-order valence-electron chi connectivity index (χ1n) is 6.82. The van der Waals surface area contributed by atoms with Gasteiger partial charge in [0.15, 0.2) is 0 Å². The van der Waals surface area contributed by atoms with Crippen LogP contribution in [-0.2, 0) is 6.54 Å². The molecule has 5 nitrogen and oxygen atoms in total. The lowest BCUT2D eigenvalue weighted by Crippen LogP contribution is -2.25. The van der Waals surface area contributed by atoms with Gasteiger partial charge in [0, 0.05) is 23.4 Å². The molecule has 3 aromatic rings. The third-order valence-electron chi connectivity index (χ3n) is 3.85. The number of nitrogens with one attached hydrogen (secondary N) is 1. The zero-order chi connectivity index (χ0) is 14.2. The summed E-state index contributed by atoms with van der Waals surface area (Å²) >= 11 is 0. The van der Waals surface area contributed by atoms with Crippen molar-refractivity contribution in [1.29, 1.82) is 0 Å². The number of hydrogen-bond acceptors (Lipinski definition) is 4. The Hall–Kier alpha value is -2.66. The Bertz CT molecular complexity index is 796. The van der Waals surface area contributed by atoms with Crippen molar-refractivity contribution >= 4 is 5.69 Å². The Labute approximate surface area is 121 Å². The Morgan fingerprint density at radius 3 is 2.43 bits per heavy atom. The van der Waals surface area contributed by atoms with Crippen LogP contribution in [0.25, 0.3) is 22.5 Å². The van der Waals surface area contributed by atoms with E-state index in [2.05, 4.69) is 21.5 Å². The minimum atomic E-state index is -0.0431. The fourth-order valence-electron chi connectivity index (χ4n) is 2.86. The zero-order valence-electron chi connectivity index (χ0n) is 11.3. The van der Waals surface area contributed by atoms with Crippen LogP contribution in [0.3, 0.4) is 0 Å². The molecule has 21 heavy (non-hydrogen) atoms. The average molecular weight is 278 g/mol. The molecule has 0 radical (unpaired) electrons. The van der Waals surface area contributed by atoms with E-state index in [4.69, 9.17) is 0 Å². The van der Waals surface area contributed by atoms with E-state index in [-0.39, 0.29) is 6.73 Å². The first-order chi connectivity index (χ1) is 10.4. The van der Waals surface area contributed by atoms with Gasteiger partial charge in [-0.25, -0.2) is 0 Å². The number of fused-ring (bicyclic) bond motifs is 5. The van der Waals surface area contributed by atoms with Gasteiger partial charge in [0.25, 0.3) is 0 Å². The number of aromatic amines is 1. The first-order valence-corrected chi connectivity index (χ1v) is 6.82. The highest BCUT2D eigenvalue weighted by molar-refractivity contribution is 5.87. The third-order valence-corrected chi connectivity index (χ3v) is 3.85. The summed E-state index contributed by atoms with van der Waals surface area (Å²) in [6.45, 7) is 0.592. The lowest BCUT2D eigenvalue weighted by atomic mass is 9.96. The first kappa shape index (κ1) is 12.1. The molecular formula is C16H14N4O. The Balaban J connectivity index is 2.05. The molecular weight excluding hydrogens is 264 g/mol. The van der Waals surface area contributed by atoms with Gasteiger partial charge in [0.2, 0.25) is 0 Å². The highest BCUT2D eigenvalue weighted by Crippen LogP contribution is 2.39. The highest BCUT2D eigenvalue weighted by atomic mass is 16.3. The lowest BCUT2D eigenvalue weighted by Gasteiger charge is -2.27. The van der Waals surface area contributed by atoms with Gasteiger partial charge in [-0.3, -0.25) is 0 Å². The Kier molecular flexibility index (Phi) is 2.72. The number of para-hydroxylation sites is 1. The molecule has 2 aromatic carbocycles. The van der Waals surface area contributed by atoms with E-state index in [1.807, 2.05) is 47.4 Å². The summed E-state index contributed by atoms with van der Waals surface area (Å²) in [5, 5.41) is 21.1. The van der Waals surface area contributed by atoms with Gasteiger partial charge in [0.1, 0.15) is 18.1 Å². The van der Waals surface area contributed by atoms with Crippen LogP contribution in [0.15, 0.2) is 48.5 Å². The maximum Gasteiger partial charge on any atom is 0.122 e. The minimum Gasteiger partial charge on any atom is -0.376 e. The maximum atomic E-state index is 9.76. The molecule has 0 saturated carbocycles. The number of aliphatic hydroxyl groups is 1. The van der Waals surface area contributed by atoms with Gasteiger partial charge < -0.3 is 10.0 Å².